The molecular formula is C24H19NO3. The van der Waals surface area contributed by atoms with Gasteiger partial charge in [0.25, 0.3) is 5.91 Å². The third kappa shape index (κ3) is 3.45. The van der Waals surface area contributed by atoms with E-state index in [2.05, 4.69) is 0 Å². The number of amides is 2. The van der Waals surface area contributed by atoms with E-state index in [1.54, 1.807) is 0 Å². The van der Waals surface area contributed by atoms with E-state index in [1.165, 1.54) is 0 Å². The van der Waals surface area contributed by atoms with Gasteiger partial charge in [-0.05, 0) is 23.6 Å². The fourth-order valence-electron chi connectivity index (χ4n) is 3.29. The Morgan fingerprint density at radius 2 is 1.46 bits per heavy atom. The molecule has 0 saturated carbocycles. The highest BCUT2D eigenvalue weighted by molar-refractivity contribution is 6.13. The molecule has 0 radical (unpaired) electrons. The number of carbonyl (C=O) groups excluding carboxylic acids is 2. The second-order valence-corrected chi connectivity index (χ2v) is 6.68. The van der Waals surface area contributed by atoms with E-state index in [-0.39, 0.29) is 12.3 Å². The van der Waals surface area contributed by atoms with E-state index in [1.807, 2.05) is 91.9 Å². The molecule has 1 aliphatic heterocycles. The number of rotatable bonds is 4. The summed E-state index contributed by atoms with van der Waals surface area (Å²) in [6, 6.07) is 26.7. The maximum absolute atomic E-state index is 13.1. The Balaban J connectivity index is 1.80. The molecule has 0 aliphatic carbocycles. The summed E-state index contributed by atoms with van der Waals surface area (Å²) in [5.41, 5.74) is 4.21. The summed E-state index contributed by atoms with van der Waals surface area (Å²) in [5, 5.41) is 0. The molecule has 0 bridgehead atoms. The minimum absolute atomic E-state index is 0.0673. The van der Waals surface area contributed by atoms with Gasteiger partial charge in [-0.25, -0.2) is 9.69 Å². The Hall–Kier alpha value is -3.66. The second-order valence-electron chi connectivity index (χ2n) is 6.68. The Kier molecular flexibility index (Phi) is 4.77. The van der Waals surface area contributed by atoms with Crippen LogP contribution in [0.4, 0.5) is 4.79 Å². The van der Waals surface area contributed by atoms with E-state index in [0.717, 1.165) is 27.2 Å². The topological polar surface area (TPSA) is 46.6 Å². The van der Waals surface area contributed by atoms with Crippen molar-refractivity contribution in [3.05, 3.63) is 113 Å². The Morgan fingerprint density at radius 1 is 0.821 bits per heavy atom. The zero-order chi connectivity index (χ0) is 19.5. The van der Waals surface area contributed by atoms with Crippen LogP contribution in [0.1, 0.15) is 22.3 Å². The number of carbonyl (C=O) groups is 2. The molecule has 4 rings (SSSR count). The molecule has 3 aromatic rings. The van der Waals surface area contributed by atoms with Crippen LogP contribution in [0.5, 0.6) is 0 Å². The maximum atomic E-state index is 13.1. The van der Waals surface area contributed by atoms with Crippen molar-refractivity contribution in [2.24, 2.45) is 0 Å². The first-order valence-electron chi connectivity index (χ1n) is 9.08. The van der Waals surface area contributed by atoms with Crippen LogP contribution in [0.25, 0.3) is 5.57 Å². The van der Waals surface area contributed by atoms with E-state index >= 15 is 0 Å². The molecule has 1 aliphatic rings. The molecule has 0 aromatic heterocycles. The van der Waals surface area contributed by atoms with E-state index < -0.39 is 12.0 Å². The van der Waals surface area contributed by atoms with Gasteiger partial charge >= 0.3 is 6.09 Å². The van der Waals surface area contributed by atoms with Gasteiger partial charge in [-0.15, -0.1) is 0 Å². The molecule has 0 atom stereocenters. The van der Waals surface area contributed by atoms with Gasteiger partial charge in [0.05, 0.1) is 6.54 Å². The highest BCUT2D eigenvalue weighted by atomic mass is 16.6. The van der Waals surface area contributed by atoms with Gasteiger partial charge in [0, 0.05) is 5.57 Å². The average Bonchev–Trinajstić information content (AvgIpc) is 2.98. The average molecular weight is 369 g/mol. The van der Waals surface area contributed by atoms with Crippen LogP contribution in [-0.2, 0) is 16.1 Å². The number of hydrogen-bond donors (Lipinski definition) is 0. The van der Waals surface area contributed by atoms with E-state index in [0.29, 0.717) is 5.57 Å². The van der Waals surface area contributed by atoms with Crippen molar-refractivity contribution in [2.75, 3.05) is 0 Å². The number of benzene rings is 3. The molecule has 1 fully saturated rings. The lowest BCUT2D eigenvalue weighted by Crippen LogP contribution is -2.28. The predicted molar refractivity (Wildman–Crippen MR) is 107 cm³/mol. The van der Waals surface area contributed by atoms with Gasteiger partial charge in [0.15, 0.2) is 0 Å². The summed E-state index contributed by atoms with van der Waals surface area (Å²) >= 11 is 0. The van der Waals surface area contributed by atoms with E-state index in [4.69, 9.17) is 4.74 Å². The number of nitrogens with zero attached hydrogens (tertiary/aromatic N) is 1. The Bertz CT molecular complexity index is 1060. The Labute approximate surface area is 163 Å². The molecular weight excluding hydrogens is 350 g/mol. The molecule has 3 aromatic carbocycles. The van der Waals surface area contributed by atoms with Gasteiger partial charge in [0.1, 0.15) is 0 Å². The summed E-state index contributed by atoms with van der Waals surface area (Å²) in [7, 11) is 0. The minimum atomic E-state index is -0.648. The van der Waals surface area contributed by atoms with Gasteiger partial charge in [-0.2, -0.15) is 0 Å². The van der Waals surface area contributed by atoms with Crippen LogP contribution in [0.15, 0.2) is 90.7 Å². The number of ether oxygens (including phenoxy) is 1. The molecule has 28 heavy (non-hydrogen) atoms. The van der Waals surface area contributed by atoms with Crippen LogP contribution in [-0.4, -0.2) is 16.9 Å². The first-order valence-corrected chi connectivity index (χ1v) is 9.08. The zero-order valence-electron chi connectivity index (χ0n) is 15.5. The van der Waals surface area contributed by atoms with Crippen LogP contribution in [0, 0.1) is 6.92 Å². The van der Waals surface area contributed by atoms with Crippen LogP contribution in [0.2, 0.25) is 0 Å². The van der Waals surface area contributed by atoms with Gasteiger partial charge in [-0.1, -0.05) is 90.5 Å². The number of imide groups is 1. The minimum Gasteiger partial charge on any atom is -0.403 e. The highest BCUT2D eigenvalue weighted by Crippen LogP contribution is 2.32. The van der Waals surface area contributed by atoms with Crippen molar-refractivity contribution in [1.29, 1.82) is 0 Å². The quantitative estimate of drug-likeness (QED) is 0.613. The maximum Gasteiger partial charge on any atom is 0.422 e. The molecule has 4 heteroatoms. The van der Waals surface area contributed by atoms with Crippen molar-refractivity contribution in [3.8, 4) is 0 Å². The summed E-state index contributed by atoms with van der Waals surface area (Å²) in [6.07, 6.45) is -0.648. The predicted octanol–water partition coefficient (Wildman–Crippen LogP) is 4.93. The highest BCUT2D eigenvalue weighted by Gasteiger charge is 2.39. The SMILES string of the molecule is Cc1cccc(/C(=C2/OC(=O)N(Cc3ccccc3)C2=O)c2ccccc2)c1. The fraction of sp³-hybridized carbons (Fsp3) is 0.0833. The van der Waals surface area contributed by atoms with Gasteiger partial charge in [-0.3, -0.25) is 4.79 Å². The third-order valence-electron chi connectivity index (χ3n) is 4.63. The van der Waals surface area contributed by atoms with Gasteiger partial charge < -0.3 is 4.74 Å². The normalized spacial score (nSPS) is 15.5. The first-order chi connectivity index (χ1) is 13.6. The zero-order valence-corrected chi connectivity index (χ0v) is 15.5. The van der Waals surface area contributed by atoms with E-state index in [9.17, 15) is 9.59 Å². The van der Waals surface area contributed by atoms with Crippen molar-refractivity contribution in [1.82, 2.24) is 4.90 Å². The van der Waals surface area contributed by atoms with Gasteiger partial charge in [0.2, 0.25) is 5.76 Å². The molecule has 0 N–H and O–H groups in total. The lowest BCUT2D eigenvalue weighted by atomic mass is 9.95. The fourth-order valence-corrected chi connectivity index (χ4v) is 3.29. The summed E-state index contributed by atoms with van der Waals surface area (Å²) in [4.78, 5) is 26.7. The lowest BCUT2D eigenvalue weighted by molar-refractivity contribution is -0.123. The summed E-state index contributed by atoms with van der Waals surface area (Å²) in [6.45, 7) is 2.17. The van der Waals surface area contributed by atoms with Crippen LogP contribution >= 0.6 is 0 Å². The molecule has 1 saturated heterocycles. The lowest BCUT2D eigenvalue weighted by Gasteiger charge is -2.12. The summed E-state index contributed by atoms with van der Waals surface area (Å²) < 4.78 is 5.49. The number of cyclic esters (lactones) is 1. The standard InChI is InChI=1S/C24H19NO3/c1-17-9-8-14-20(15-17)21(19-12-6-3-7-13-19)22-23(26)25(24(27)28-22)16-18-10-4-2-5-11-18/h2-15H,16H2,1H3/b22-21+. The molecule has 138 valence electrons. The van der Waals surface area contributed by atoms with Crippen molar-refractivity contribution >= 4 is 17.6 Å². The van der Waals surface area contributed by atoms with Crippen molar-refractivity contribution in [2.45, 2.75) is 13.5 Å². The number of aryl methyl sites for hydroxylation is 1. The molecule has 2 amide bonds. The smallest absolute Gasteiger partial charge is 0.403 e. The largest absolute Gasteiger partial charge is 0.422 e. The second kappa shape index (κ2) is 7.53. The van der Waals surface area contributed by atoms with Crippen LogP contribution in [0.3, 0.4) is 0 Å². The first kappa shape index (κ1) is 17.7. The third-order valence-corrected chi connectivity index (χ3v) is 4.63. The molecule has 4 nitrogen and oxygen atoms in total. The van der Waals surface area contributed by atoms with Crippen molar-refractivity contribution < 1.29 is 14.3 Å². The molecule has 1 heterocycles. The van der Waals surface area contributed by atoms with Crippen molar-refractivity contribution in [3.63, 3.8) is 0 Å². The molecule has 0 unspecified atom stereocenters. The van der Waals surface area contributed by atoms with Crippen LogP contribution < -0.4 is 0 Å². The monoisotopic (exact) mass is 369 g/mol. The molecule has 0 spiro atoms. The summed E-state index contributed by atoms with van der Waals surface area (Å²) in [5.74, 6) is -0.355. The Morgan fingerprint density at radius 3 is 2.14 bits per heavy atom. The number of hydrogen-bond acceptors (Lipinski definition) is 3.